The minimum Gasteiger partial charge on any atom is -0.496 e. The van der Waals surface area contributed by atoms with Crippen molar-refractivity contribution in [1.82, 2.24) is 19.8 Å². The fourth-order valence-corrected chi connectivity index (χ4v) is 4.14. The van der Waals surface area contributed by atoms with Crippen LogP contribution in [-0.4, -0.2) is 67.0 Å². The van der Waals surface area contributed by atoms with Crippen molar-refractivity contribution in [3.05, 3.63) is 66.0 Å². The van der Waals surface area contributed by atoms with E-state index in [1.165, 1.54) is 24.2 Å². The van der Waals surface area contributed by atoms with Gasteiger partial charge in [0, 0.05) is 54.6 Å². The van der Waals surface area contributed by atoms with Gasteiger partial charge in [-0.3, -0.25) is 4.79 Å². The van der Waals surface area contributed by atoms with E-state index < -0.39 is 23.3 Å². The molecule has 0 saturated carbocycles. The number of rotatable bonds is 7. The summed E-state index contributed by atoms with van der Waals surface area (Å²) in [4.78, 5) is 23.9. The van der Waals surface area contributed by atoms with E-state index in [4.69, 9.17) is 10.5 Å². The third-order valence-corrected chi connectivity index (χ3v) is 6.21. The number of benzene rings is 2. The number of ether oxygens (including phenoxy) is 1. The Morgan fingerprint density at radius 2 is 1.78 bits per heavy atom. The van der Waals surface area contributed by atoms with Crippen LogP contribution in [0.25, 0.3) is 33.3 Å². The highest BCUT2D eigenvalue weighted by atomic mass is 19.4. The van der Waals surface area contributed by atoms with Crippen molar-refractivity contribution in [3.8, 4) is 28.0 Å². The Labute approximate surface area is 212 Å². The molecule has 4 rings (SSSR count). The molecule has 2 heterocycles. The molecule has 194 valence electrons. The first-order valence-electron chi connectivity index (χ1n) is 11.5. The number of alkyl halides is 3. The summed E-state index contributed by atoms with van der Waals surface area (Å²) in [5, 5.41) is 0.698. The first-order chi connectivity index (χ1) is 17.5. The lowest BCUT2D eigenvalue weighted by molar-refractivity contribution is -0.136. The van der Waals surface area contributed by atoms with Crippen LogP contribution >= 0.6 is 0 Å². The number of fused-ring (bicyclic) bond motifs is 1. The summed E-state index contributed by atoms with van der Waals surface area (Å²) in [5.41, 5.74) is 6.81. The molecular formula is C27H28F3N5O2. The largest absolute Gasteiger partial charge is 0.496 e. The van der Waals surface area contributed by atoms with Crippen LogP contribution in [0.5, 0.6) is 5.75 Å². The Hall–Kier alpha value is -4.05. The number of halogens is 3. The molecular weight excluding hydrogens is 483 g/mol. The number of nitrogens with one attached hydrogen (secondary N) is 1. The molecule has 0 saturated heterocycles. The highest BCUT2D eigenvalue weighted by molar-refractivity contribution is 6.02. The van der Waals surface area contributed by atoms with Gasteiger partial charge in [0.2, 0.25) is 0 Å². The van der Waals surface area contributed by atoms with Gasteiger partial charge >= 0.3 is 6.18 Å². The maximum Gasteiger partial charge on any atom is 0.418 e. The maximum absolute atomic E-state index is 14.0. The number of carbonyl (C=O) groups is 1. The van der Waals surface area contributed by atoms with E-state index in [0.29, 0.717) is 35.4 Å². The van der Waals surface area contributed by atoms with Crippen molar-refractivity contribution in [3.63, 3.8) is 0 Å². The smallest absolute Gasteiger partial charge is 0.418 e. The number of anilines is 1. The molecule has 0 fully saturated rings. The second-order valence-corrected chi connectivity index (χ2v) is 9.04. The van der Waals surface area contributed by atoms with E-state index in [2.05, 4.69) is 9.97 Å². The number of amides is 1. The van der Waals surface area contributed by atoms with Gasteiger partial charge in [0.25, 0.3) is 5.91 Å². The lowest BCUT2D eigenvalue weighted by Gasteiger charge is -2.22. The zero-order valence-corrected chi connectivity index (χ0v) is 21.0. The quantitative estimate of drug-likeness (QED) is 0.336. The normalized spacial score (nSPS) is 11.8. The van der Waals surface area contributed by atoms with Crippen molar-refractivity contribution in [1.29, 1.82) is 0 Å². The molecule has 0 aliphatic rings. The Balaban J connectivity index is 1.85. The van der Waals surface area contributed by atoms with Crippen molar-refractivity contribution in [2.45, 2.75) is 6.18 Å². The highest BCUT2D eigenvalue weighted by Crippen LogP contribution is 2.40. The highest BCUT2D eigenvalue weighted by Gasteiger charge is 2.36. The number of aromatic amines is 1. The SMILES string of the molecule is COc1ccccc1-c1c[nH]c2ncc(-c3cc(C(=O)N(C)CCN(C)C)c(N)c(C(F)(F)F)c3)cc12. The third-order valence-electron chi connectivity index (χ3n) is 6.21. The lowest BCUT2D eigenvalue weighted by Crippen LogP contribution is -2.34. The monoisotopic (exact) mass is 511 g/mol. The molecule has 0 aliphatic carbocycles. The third kappa shape index (κ3) is 5.24. The number of pyridine rings is 1. The van der Waals surface area contributed by atoms with Crippen LogP contribution in [-0.2, 0) is 6.18 Å². The Bertz CT molecular complexity index is 1450. The fourth-order valence-electron chi connectivity index (χ4n) is 4.14. The van der Waals surface area contributed by atoms with Gasteiger partial charge < -0.3 is 25.3 Å². The topological polar surface area (TPSA) is 87.5 Å². The van der Waals surface area contributed by atoms with Crippen molar-refractivity contribution in [2.75, 3.05) is 47.1 Å². The molecule has 0 radical (unpaired) electrons. The Morgan fingerprint density at radius 3 is 2.46 bits per heavy atom. The number of methoxy groups -OCH3 is 1. The summed E-state index contributed by atoms with van der Waals surface area (Å²) in [6.07, 6.45) is -1.50. The van der Waals surface area contributed by atoms with Crippen LogP contribution in [0.1, 0.15) is 15.9 Å². The van der Waals surface area contributed by atoms with Crippen LogP contribution in [0.4, 0.5) is 18.9 Å². The summed E-state index contributed by atoms with van der Waals surface area (Å²) >= 11 is 0. The van der Waals surface area contributed by atoms with E-state index in [1.807, 2.05) is 43.3 Å². The number of aromatic nitrogens is 2. The zero-order chi connectivity index (χ0) is 26.9. The van der Waals surface area contributed by atoms with Gasteiger partial charge in [-0.2, -0.15) is 13.2 Å². The second-order valence-electron chi connectivity index (χ2n) is 9.04. The summed E-state index contributed by atoms with van der Waals surface area (Å²) in [6, 6.07) is 11.5. The number of hydrogen-bond donors (Lipinski definition) is 2. The number of nitrogens with zero attached hydrogens (tertiary/aromatic N) is 3. The summed E-state index contributed by atoms with van der Waals surface area (Å²) < 4.78 is 47.4. The first kappa shape index (κ1) is 26.0. The van der Waals surface area contributed by atoms with E-state index in [0.717, 1.165) is 17.2 Å². The maximum atomic E-state index is 14.0. The molecule has 0 aliphatic heterocycles. The van der Waals surface area contributed by atoms with Gasteiger partial charge in [-0.1, -0.05) is 18.2 Å². The van der Waals surface area contributed by atoms with Crippen LogP contribution in [0.15, 0.2) is 54.9 Å². The van der Waals surface area contributed by atoms with Gasteiger partial charge in [0.1, 0.15) is 11.4 Å². The standard InChI is InChI=1S/C27H28F3N5O2/c1-34(2)9-10-35(3)26(36)20-11-16(13-22(24(20)31)27(28,29)30)17-12-19-21(15-33-25(19)32-14-17)18-7-5-6-8-23(18)37-4/h5-8,11-15H,9-10,31H2,1-4H3,(H,32,33). The van der Waals surface area contributed by atoms with Gasteiger partial charge in [0.15, 0.2) is 0 Å². The molecule has 0 atom stereocenters. The molecule has 0 bridgehead atoms. The number of carbonyl (C=O) groups excluding carboxylic acids is 1. The van der Waals surface area contributed by atoms with E-state index in [9.17, 15) is 18.0 Å². The second kappa shape index (κ2) is 10.1. The number of H-pyrrole nitrogens is 1. The number of para-hydroxylation sites is 1. The first-order valence-corrected chi connectivity index (χ1v) is 11.5. The average molecular weight is 512 g/mol. The molecule has 37 heavy (non-hydrogen) atoms. The molecule has 10 heteroatoms. The molecule has 2 aromatic heterocycles. The molecule has 7 nitrogen and oxygen atoms in total. The predicted octanol–water partition coefficient (Wildman–Crippen LogP) is 5.14. The fraction of sp³-hybridized carbons (Fsp3) is 0.259. The zero-order valence-electron chi connectivity index (χ0n) is 21.0. The van der Waals surface area contributed by atoms with Crippen LogP contribution in [0, 0.1) is 0 Å². The van der Waals surface area contributed by atoms with Crippen molar-refractivity contribution >= 4 is 22.6 Å². The van der Waals surface area contributed by atoms with E-state index in [1.54, 1.807) is 19.4 Å². The Morgan fingerprint density at radius 1 is 1.05 bits per heavy atom. The summed E-state index contributed by atoms with van der Waals surface area (Å²) in [5.74, 6) is 0.0615. The number of nitrogens with two attached hydrogens (primary N) is 1. The van der Waals surface area contributed by atoms with Gasteiger partial charge in [-0.15, -0.1) is 0 Å². The van der Waals surface area contributed by atoms with Crippen molar-refractivity contribution in [2.24, 2.45) is 0 Å². The summed E-state index contributed by atoms with van der Waals surface area (Å²) in [7, 11) is 6.80. The van der Waals surface area contributed by atoms with Gasteiger partial charge in [-0.25, -0.2) is 4.98 Å². The van der Waals surface area contributed by atoms with E-state index in [-0.39, 0.29) is 11.1 Å². The number of likely N-dealkylation sites (N-methyl/N-ethyl adjacent to an activating group) is 2. The van der Waals surface area contributed by atoms with Gasteiger partial charge in [0.05, 0.1) is 23.9 Å². The molecule has 0 unspecified atom stereocenters. The molecule has 2 aromatic carbocycles. The predicted molar refractivity (Wildman–Crippen MR) is 138 cm³/mol. The van der Waals surface area contributed by atoms with Crippen molar-refractivity contribution < 1.29 is 22.7 Å². The van der Waals surface area contributed by atoms with Crippen LogP contribution in [0.3, 0.4) is 0 Å². The lowest BCUT2D eigenvalue weighted by atomic mass is 9.96. The molecule has 4 aromatic rings. The minimum atomic E-state index is -4.74. The average Bonchev–Trinajstić information content (AvgIpc) is 3.29. The van der Waals surface area contributed by atoms with Crippen LogP contribution in [0.2, 0.25) is 0 Å². The minimum absolute atomic E-state index is 0.187. The molecule has 3 N–H and O–H groups in total. The molecule has 1 amide bonds. The summed E-state index contributed by atoms with van der Waals surface area (Å²) in [6.45, 7) is 0.879. The van der Waals surface area contributed by atoms with E-state index >= 15 is 0 Å². The van der Waals surface area contributed by atoms with Gasteiger partial charge in [-0.05, 0) is 43.9 Å². The molecule has 0 spiro atoms. The Kier molecular flexibility index (Phi) is 7.13. The number of nitrogen functional groups attached to an aromatic ring is 1. The van der Waals surface area contributed by atoms with Crippen LogP contribution < -0.4 is 10.5 Å². The number of hydrogen-bond acceptors (Lipinski definition) is 5.